The Kier molecular flexibility index (Phi) is 6.05. The first kappa shape index (κ1) is 21.3. The van der Waals surface area contributed by atoms with Gasteiger partial charge in [-0.3, -0.25) is 0 Å². The van der Waals surface area contributed by atoms with Gasteiger partial charge in [-0.1, -0.05) is 41.9 Å². The number of carbonyl (C=O) groups is 2. The van der Waals surface area contributed by atoms with E-state index in [2.05, 4.69) is 4.99 Å². The Balaban J connectivity index is 1.58. The summed E-state index contributed by atoms with van der Waals surface area (Å²) in [5.74, 6) is -0.292. The van der Waals surface area contributed by atoms with Crippen molar-refractivity contribution >= 4 is 35.5 Å². The lowest BCUT2D eigenvalue weighted by molar-refractivity contribution is -0.129. The van der Waals surface area contributed by atoms with Crippen molar-refractivity contribution in [3.63, 3.8) is 0 Å². The fraction of sp³-hybridized carbons (Fsp3) is 0.0800. The summed E-state index contributed by atoms with van der Waals surface area (Å²) in [6.07, 6.45) is 1.57. The second-order valence-corrected chi connectivity index (χ2v) is 7.37. The number of methoxy groups -OCH3 is 1. The molecule has 0 atom stereocenters. The van der Waals surface area contributed by atoms with Gasteiger partial charge in [-0.05, 0) is 60.5 Å². The van der Waals surface area contributed by atoms with E-state index in [1.807, 2.05) is 19.1 Å². The fourth-order valence-corrected chi connectivity index (χ4v) is 3.19. The largest absolute Gasteiger partial charge is 0.493 e. The summed E-state index contributed by atoms with van der Waals surface area (Å²) in [5, 5.41) is 0.559. The van der Waals surface area contributed by atoms with Crippen LogP contribution >= 0.6 is 11.6 Å². The molecule has 0 aromatic heterocycles. The van der Waals surface area contributed by atoms with E-state index < -0.39 is 11.9 Å². The smallest absolute Gasteiger partial charge is 0.363 e. The van der Waals surface area contributed by atoms with Gasteiger partial charge in [0.15, 0.2) is 17.2 Å². The standard InChI is InChI=1S/C25H18ClNO5/c1-15-8-10-18(14-19(15)26)23-27-20(25(29)32-23)12-16-9-11-21(22(13-16)30-2)31-24(28)17-6-4-3-5-7-17/h3-14H,1-2H3/b20-12-. The van der Waals surface area contributed by atoms with Crippen LogP contribution in [0.5, 0.6) is 11.5 Å². The van der Waals surface area contributed by atoms with E-state index in [4.69, 9.17) is 25.8 Å². The van der Waals surface area contributed by atoms with Gasteiger partial charge in [-0.15, -0.1) is 0 Å². The Labute approximate surface area is 189 Å². The number of cyclic esters (lactones) is 1. The van der Waals surface area contributed by atoms with E-state index in [1.54, 1.807) is 60.7 Å². The lowest BCUT2D eigenvalue weighted by Gasteiger charge is -2.10. The third-order valence-corrected chi connectivity index (χ3v) is 5.15. The highest BCUT2D eigenvalue weighted by molar-refractivity contribution is 6.31. The number of nitrogens with zero attached hydrogens (tertiary/aromatic N) is 1. The van der Waals surface area contributed by atoms with Gasteiger partial charge in [-0.25, -0.2) is 14.6 Å². The van der Waals surface area contributed by atoms with Crippen molar-refractivity contribution in [3.8, 4) is 11.5 Å². The highest BCUT2D eigenvalue weighted by atomic mass is 35.5. The van der Waals surface area contributed by atoms with E-state index in [0.717, 1.165) is 5.56 Å². The van der Waals surface area contributed by atoms with Crippen LogP contribution < -0.4 is 9.47 Å². The quantitative estimate of drug-likeness (QED) is 0.304. The molecule has 0 amide bonds. The molecule has 0 fully saturated rings. The van der Waals surface area contributed by atoms with Gasteiger partial charge >= 0.3 is 11.9 Å². The van der Waals surface area contributed by atoms with Crippen molar-refractivity contribution in [1.82, 2.24) is 0 Å². The maximum absolute atomic E-state index is 12.3. The van der Waals surface area contributed by atoms with Gasteiger partial charge in [0.25, 0.3) is 0 Å². The van der Waals surface area contributed by atoms with E-state index in [9.17, 15) is 9.59 Å². The number of carbonyl (C=O) groups excluding carboxylic acids is 2. The van der Waals surface area contributed by atoms with Crippen LogP contribution in [0.4, 0.5) is 0 Å². The zero-order valence-corrected chi connectivity index (χ0v) is 18.1. The molecule has 0 bridgehead atoms. The van der Waals surface area contributed by atoms with Crippen molar-refractivity contribution < 1.29 is 23.8 Å². The van der Waals surface area contributed by atoms with Gasteiger partial charge < -0.3 is 14.2 Å². The van der Waals surface area contributed by atoms with E-state index in [-0.39, 0.29) is 17.3 Å². The number of rotatable bonds is 5. The molecular formula is C25H18ClNO5. The van der Waals surface area contributed by atoms with Crippen LogP contribution in [0, 0.1) is 6.92 Å². The summed E-state index contributed by atoms with van der Waals surface area (Å²) < 4.78 is 16.1. The second-order valence-electron chi connectivity index (χ2n) is 6.97. The monoisotopic (exact) mass is 447 g/mol. The summed E-state index contributed by atoms with van der Waals surface area (Å²) in [6, 6.07) is 18.9. The van der Waals surface area contributed by atoms with Gasteiger partial charge in [0.05, 0.1) is 12.7 Å². The van der Waals surface area contributed by atoms with Crippen molar-refractivity contribution in [3.05, 3.63) is 99.7 Å². The Morgan fingerprint density at radius 1 is 1.03 bits per heavy atom. The Hall–Kier alpha value is -3.90. The SMILES string of the molecule is COc1cc(/C=C2\N=C(c3ccc(C)c(Cl)c3)OC2=O)ccc1OC(=O)c1ccccc1. The average Bonchev–Trinajstić information content (AvgIpc) is 3.17. The third kappa shape index (κ3) is 4.55. The minimum absolute atomic E-state index is 0.132. The van der Waals surface area contributed by atoms with Crippen molar-refractivity contribution in [1.29, 1.82) is 0 Å². The molecule has 0 saturated heterocycles. The molecule has 32 heavy (non-hydrogen) atoms. The van der Waals surface area contributed by atoms with Crippen LogP contribution in [0.3, 0.4) is 0 Å². The number of aryl methyl sites for hydroxylation is 1. The van der Waals surface area contributed by atoms with Gasteiger partial charge in [0.2, 0.25) is 5.90 Å². The maximum Gasteiger partial charge on any atom is 0.363 e. The van der Waals surface area contributed by atoms with Gasteiger partial charge in [0, 0.05) is 10.6 Å². The second kappa shape index (κ2) is 9.08. The molecule has 7 heteroatoms. The maximum atomic E-state index is 12.3. The first-order chi connectivity index (χ1) is 15.4. The number of esters is 2. The molecule has 0 spiro atoms. The predicted molar refractivity (Wildman–Crippen MR) is 121 cm³/mol. The first-order valence-corrected chi connectivity index (χ1v) is 10.1. The minimum Gasteiger partial charge on any atom is -0.493 e. The Morgan fingerprint density at radius 3 is 2.53 bits per heavy atom. The fourth-order valence-electron chi connectivity index (χ4n) is 3.01. The van der Waals surface area contributed by atoms with Crippen LogP contribution in [0.25, 0.3) is 6.08 Å². The number of hydrogen-bond acceptors (Lipinski definition) is 6. The molecule has 1 heterocycles. The molecule has 4 rings (SSSR count). The molecule has 0 aliphatic carbocycles. The molecule has 0 N–H and O–H groups in total. The molecule has 6 nitrogen and oxygen atoms in total. The van der Waals surface area contributed by atoms with Crippen LogP contribution in [-0.2, 0) is 9.53 Å². The third-order valence-electron chi connectivity index (χ3n) is 4.74. The molecule has 3 aromatic carbocycles. The molecule has 0 saturated carbocycles. The number of aliphatic imine (C=N–C) groups is 1. The Bertz CT molecular complexity index is 1260. The highest BCUT2D eigenvalue weighted by Gasteiger charge is 2.24. The zero-order valence-electron chi connectivity index (χ0n) is 17.3. The summed E-state index contributed by atoms with van der Waals surface area (Å²) in [4.78, 5) is 28.9. The molecule has 1 aliphatic heterocycles. The van der Waals surface area contributed by atoms with E-state index >= 15 is 0 Å². The van der Waals surface area contributed by atoms with Crippen LogP contribution in [0.1, 0.15) is 27.0 Å². The van der Waals surface area contributed by atoms with Crippen LogP contribution in [0.15, 0.2) is 77.4 Å². The average molecular weight is 448 g/mol. The number of benzene rings is 3. The van der Waals surface area contributed by atoms with E-state index in [0.29, 0.717) is 27.5 Å². The molecule has 160 valence electrons. The Morgan fingerprint density at radius 2 is 1.81 bits per heavy atom. The lowest BCUT2D eigenvalue weighted by Crippen LogP contribution is -2.09. The predicted octanol–water partition coefficient (Wildman–Crippen LogP) is 5.22. The van der Waals surface area contributed by atoms with Crippen LogP contribution in [0.2, 0.25) is 5.02 Å². The molecule has 1 aliphatic rings. The van der Waals surface area contributed by atoms with Gasteiger partial charge in [0.1, 0.15) is 0 Å². The summed E-state index contributed by atoms with van der Waals surface area (Å²) in [5.41, 5.74) is 2.70. The number of hydrogen-bond donors (Lipinski definition) is 0. The zero-order chi connectivity index (χ0) is 22.7. The molecular weight excluding hydrogens is 430 g/mol. The van der Waals surface area contributed by atoms with Crippen molar-refractivity contribution in [2.45, 2.75) is 6.92 Å². The van der Waals surface area contributed by atoms with Crippen LogP contribution in [-0.4, -0.2) is 24.9 Å². The summed E-state index contributed by atoms with van der Waals surface area (Å²) >= 11 is 6.16. The summed E-state index contributed by atoms with van der Waals surface area (Å²) in [6.45, 7) is 1.88. The van der Waals surface area contributed by atoms with Crippen molar-refractivity contribution in [2.75, 3.05) is 7.11 Å². The number of ether oxygens (including phenoxy) is 3. The van der Waals surface area contributed by atoms with E-state index in [1.165, 1.54) is 7.11 Å². The summed E-state index contributed by atoms with van der Waals surface area (Å²) in [7, 11) is 1.47. The van der Waals surface area contributed by atoms with Crippen molar-refractivity contribution in [2.24, 2.45) is 4.99 Å². The first-order valence-electron chi connectivity index (χ1n) is 9.69. The topological polar surface area (TPSA) is 74.2 Å². The molecule has 0 unspecified atom stereocenters. The van der Waals surface area contributed by atoms with Gasteiger partial charge in [-0.2, -0.15) is 0 Å². The molecule has 0 radical (unpaired) electrons. The highest BCUT2D eigenvalue weighted by Crippen LogP contribution is 2.30. The number of halogens is 1. The lowest BCUT2D eigenvalue weighted by atomic mass is 10.1. The normalized spacial score (nSPS) is 14.2. The molecule has 3 aromatic rings. The minimum atomic E-state index is -0.574.